The number of nitrogens with zero attached hydrogens (tertiary/aromatic N) is 1. The van der Waals surface area contributed by atoms with Gasteiger partial charge in [0.05, 0.1) is 26.2 Å². The van der Waals surface area contributed by atoms with Crippen LogP contribution in [-0.2, 0) is 19.1 Å². The van der Waals surface area contributed by atoms with Gasteiger partial charge in [-0.1, -0.05) is 34.9 Å². The molecule has 6 heteroatoms. The van der Waals surface area contributed by atoms with Crippen LogP contribution in [0.1, 0.15) is 85.0 Å². The summed E-state index contributed by atoms with van der Waals surface area (Å²) < 4.78 is 10.8. The van der Waals surface area contributed by atoms with E-state index in [0.29, 0.717) is 19.1 Å². The van der Waals surface area contributed by atoms with Crippen LogP contribution in [0.25, 0.3) is 0 Å². The summed E-state index contributed by atoms with van der Waals surface area (Å²) >= 11 is 0. The van der Waals surface area contributed by atoms with Crippen LogP contribution < -0.4 is 5.32 Å². The Morgan fingerprint density at radius 2 is 1.91 bits per heavy atom. The standard InChI is InChI=1S/C29H48N2O4/c1-24(2)8-4-9-25(3)10-5-11-26-12-6-13-27(22-26)23-35-29(33)15-14-28(32)30-16-7-17-31-18-20-34-21-19-31/h8,10,12,27H,4-7,9,11,13-23H2,1-3H3,(H,30,32)/b25-10+. The predicted octanol–water partition coefficient (Wildman–Crippen LogP) is 5.35. The molecule has 1 N–H and O–H groups in total. The minimum Gasteiger partial charge on any atom is -0.465 e. The van der Waals surface area contributed by atoms with Crippen LogP contribution in [0.3, 0.4) is 0 Å². The number of ether oxygens (including phenoxy) is 2. The van der Waals surface area contributed by atoms with Crippen molar-refractivity contribution in [3.8, 4) is 0 Å². The maximum atomic E-state index is 12.1. The summed E-state index contributed by atoms with van der Waals surface area (Å²) in [6, 6.07) is 0. The van der Waals surface area contributed by atoms with Gasteiger partial charge in [-0.15, -0.1) is 0 Å². The van der Waals surface area contributed by atoms with Crippen LogP contribution in [0, 0.1) is 5.92 Å². The largest absolute Gasteiger partial charge is 0.465 e. The van der Waals surface area contributed by atoms with Crippen molar-refractivity contribution >= 4 is 11.9 Å². The van der Waals surface area contributed by atoms with E-state index in [-0.39, 0.29) is 24.7 Å². The van der Waals surface area contributed by atoms with Gasteiger partial charge in [0.2, 0.25) is 5.91 Å². The fraction of sp³-hybridized carbons (Fsp3) is 0.724. The van der Waals surface area contributed by atoms with Crippen LogP contribution in [0.15, 0.2) is 34.9 Å². The van der Waals surface area contributed by atoms with Crippen LogP contribution in [-0.4, -0.2) is 62.8 Å². The van der Waals surface area contributed by atoms with Crippen LogP contribution in [0.4, 0.5) is 0 Å². The molecule has 0 saturated carbocycles. The topological polar surface area (TPSA) is 67.9 Å². The molecule has 1 fully saturated rings. The number of carbonyl (C=O) groups excluding carboxylic acids is 2. The third-order valence-corrected chi connectivity index (χ3v) is 6.72. The van der Waals surface area contributed by atoms with Gasteiger partial charge in [0, 0.05) is 26.1 Å². The smallest absolute Gasteiger partial charge is 0.306 e. The lowest BCUT2D eigenvalue weighted by Gasteiger charge is -2.26. The first-order chi connectivity index (χ1) is 16.9. The Kier molecular flexibility index (Phi) is 14.7. The van der Waals surface area contributed by atoms with Crippen molar-refractivity contribution in [3.05, 3.63) is 34.9 Å². The first-order valence-electron chi connectivity index (χ1n) is 13.6. The van der Waals surface area contributed by atoms with Gasteiger partial charge in [0.1, 0.15) is 0 Å². The van der Waals surface area contributed by atoms with E-state index < -0.39 is 0 Å². The summed E-state index contributed by atoms with van der Waals surface area (Å²) in [4.78, 5) is 26.5. The van der Waals surface area contributed by atoms with Gasteiger partial charge in [0.15, 0.2) is 0 Å². The van der Waals surface area contributed by atoms with Gasteiger partial charge in [-0.25, -0.2) is 0 Å². The molecule has 1 saturated heterocycles. The molecule has 198 valence electrons. The van der Waals surface area contributed by atoms with Crippen LogP contribution >= 0.6 is 0 Å². The Morgan fingerprint density at radius 1 is 1.11 bits per heavy atom. The summed E-state index contributed by atoms with van der Waals surface area (Å²) in [5.41, 5.74) is 4.34. The molecule has 35 heavy (non-hydrogen) atoms. The molecule has 2 rings (SSSR count). The van der Waals surface area contributed by atoms with E-state index in [0.717, 1.165) is 84.2 Å². The molecule has 1 aliphatic carbocycles. The molecule has 1 unspecified atom stereocenters. The van der Waals surface area contributed by atoms with Crippen molar-refractivity contribution in [3.63, 3.8) is 0 Å². The minimum absolute atomic E-state index is 0.0731. The molecule has 2 aliphatic rings. The molecule has 0 radical (unpaired) electrons. The number of hydrogen-bond donors (Lipinski definition) is 1. The van der Waals surface area contributed by atoms with Crippen LogP contribution in [0.5, 0.6) is 0 Å². The number of rotatable bonds is 15. The molecule has 0 aromatic carbocycles. The van der Waals surface area contributed by atoms with Crippen molar-refractivity contribution in [2.75, 3.05) is 46.0 Å². The van der Waals surface area contributed by atoms with E-state index in [1.165, 1.54) is 16.7 Å². The van der Waals surface area contributed by atoms with Gasteiger partial charge in [-0.05, 0) is 84.6 Å². The van der Waals surface area contributed by atoms with Gasteiger partial charge >= 0.3 is 5.97 Å². The Hall–Kier alpha value is -1.92. The third kappa shape index (κ3) is 14.3. The number of nitrogens with one attached hydrogen (secondary N) is 1. The fourth-order valence-corrected chi connectivity index (χ4v) is 4.56. The summed E-state index contributed by atoms with van der Waals surface area (Å²) in [5, 5.41) is 2.91. The number of morpholine rings is 1. The average molecular weight is 489 g/mol. The van der Waals surface area contributed by atoms with Crippen molar-refractivity contribution < 1.29 is 19.1 Å². The van der Waals surface area contributed by atoms with E-state index in [1.807, 2.05) is 0 Å². The Labute approximate surface area is 213 Å². The number of amides is 1. The molecule has 1 heterocycles. The molecule has 0 bridgehead atoms. The fourth-order valence-electron chi connectivity index (χ4n) is 4.56. The number of carbonyl (C=O) groups is 2. The molecule has 0 aromatic heterocycles. The lowest BCUT2D eigenvalue weighted by molar-refractivity contribution is -0.146. The first-order valence-corrected chi connectivity index (χ1v) is 13.6. The molecule has 0 spiro atoms. The second kappa shape index (κ2) is 17.5. The SMILES string of the molecule is CC(C)=CCC/C(C)=C/CCC1=CCCC(COC(=O)CCC(=O)NCCCN2CCOCC2)C1. The molecule has 1 amide bonds. The maximum Gasteiger partial charge on any atom is 0.306 e. The molecule has 1 atom stereocenters. The maximum absolute atomic E-state index is 12.1. The van der Waals surface area contributed by atoms with E-state index in [9.17, 15) is 9.59 Å². The Morgan fingerprint density at radius 3 is 2.69 bits per heavy atom. The number of esters is 1. The van der Waals surface area contributed by atoms with E-state index >= 15 is 0 Å². The zero-order valence-corrected chi connectivity index (χ0v) is 22.4. The minimum atomic E-state index is -0.264. The first kappa shape index (κ1) is 29.3. The number of hydrogen-bond acceptors (Lipinski definition) is 5. The Bertz CT molecular complexity index is 731. The highest BCUT2D eigenvalue weighted by molar-refractivity contribution is 5.81. The molecule has 0 aromatic rings. The van der Waals surface area contributed by atoms with E-state index in [1.54, 1.807) is 0 Å². The van der Waals surface area contributed by atoms with Gasteiger partial charge in [-0.3, -0.25) is 14.5 Å². The Balaban J connectivity index is 1.52. The quantitative estimate of drug-likeness (QED) is 0.191. The van der Waals surface area contributed by atoms with Crippen molar-refractivity contribution in [1.29, 1.82) is 0 Å². The molecular formula is C29H48N2O4. The summed E-state index contributed by atoms with van der Waals surface area (Å²) in [6.45, 7) is 12.1. The van der Waals surface area contributed by atoms with Gasteiger partial charge in [-0.2, -0.15) is 0 Å². The zero-order valence-electron chi connectivity index (χ0n) is 22.4. The normalized spacial score (nSPS) is 19.1. The lowest BCUT2D eigenvalue weighted by Crippen LogP contribution is -2.38. The molecule has 1 aliphatic heterocycles. The van der Waals surface area contributed by atoms with Gasteiger partial charge in [0.25, 0.3) is 0 Å². The highest BCUT2D eigenvalue weighted by Crippen LogP contribution is 2.27. The molecule has 6 nitrogen and oxygen atoms in total. The second-order valence-electron chi connectivity index (χ2n) is 10.3. The summed E-state index contributed by atoms with van der Waals surface area (Å²) in [7, 11) is 0. The highest BCUT2D eigenvalue weighted by atomic mass is 16.5. The molecular weight excluding hydrogens is 440 g/mol. The van der Waals surface area contributed by atoms with Gasteiger partial charge < -0.3 is 14.8 Å². The summed E-state index contributed by atoms with van der Waals surface area (Å²) in [6.07, 6.45) is 15.9. The van der Waals surface area contributed by atoms with Crippen molar-refractivity contribution in [2.45, 2.75) is 85.0 Å². The van der Waals surface area contributed by atoms with Crippen molar-refractivity contribution in [1.82, 2.24) is 10.2 Å². The van der Waals surface area contributed by atoms with E-state index in [2.05, 4.69) is 49.2 Å². The lowest BCUT2D eigenvalue weighted by atomic mass is 9.87. The van der Waals surface area contributed by atoms with E-state index in [4.69, 9.17) is 9.47 Å². The van der Waals surface area contributed by atoms with Crippen molar-refractivity contribution in [2.24, 2.45) is 5.92 Å². The monoisotopic (exact) mass is 488 g/mol. The zero-order chi connectivity index (χ0) is 25.3. The third-order valence-electron chi connectivity index (χ3n) is 6.72. The number of allylic oxidation sites excluding steroid dienone is 6. The second-order valence-corrected chi connectivity index (χ2v) is 10.3. The highest BCUT2D eigenvalue weighted by Gasteiger charge is 2.18. The predicted molar refractivity (Wildman–Crippen MR) is 142 cm³/mol. The van der Waals surface area contributed by atoms with Crippen LogP contribution in [0.2, 0.25) is 0 Å². The summed E-state index contributed by atoms with van der Waals surface area (Å²) in [5.74, 6) is 0.0613. The average Bonchev–Trinajstić information content (AvgIpc) is 2.85.